The Morgan fingerprint density at radius 2 is 1.87 bits per heavy atom. The highest BCUT2D eigenvalue weighted by Gasteiger charge is 2.33. The van der Waals surface area contributed by atoms with E-state index in [1.54, 1.807) is 12.4 Å². The number of aromatic nitrogens is 4. The van der Waals surface area contributed by atoms with E-state index < -0.39 is 11.7 Å². The average molecular weight is 473 g/mol. The lowest BCUT2D eigenvalue weighted by atomic mass is 10.1. The second kappa shape index (κ2) is 9.18. The van der Waals surface area contributed by atoms with Crippen molar-refractivity contribution in [3.05, 3.63) is 46.0 Å². The van der Waals surface area contributed by atoms with Crippen molar-refractivity contribution in [3.63, 3.8) is 0 Å². The highest BCUT2D eigenvalue weighted by molar-refractivity contribution is 6.31. The largest absolute Gasteiger partial charge is 0.417 e. The molecule has 1 aliphatic carbocycles. The SMILES string of the molecule is FC(F)(F)c1cc(CNCCNc2nc(Cl)nc3c2ncn3C2CCCC2)ccc1Cl. The second-order valence-electron chi connectivity index (χ2n) is 7.52. The van der Waals surface area contributed by atoms with E-state index in [9.17, 15) is 13.2 Å². The Morgan fingerprint density at radius 1 is 1.10 bits per heavy atom. The first kappa shape index (κ1) is 22.1. The van der Waals surface area contributed by atoms with Crippen molar-refractivity contribution in [2.45, 2.75) is 44.4 Å². The molecule has 0 aliphatic heterocycles. The molecule has 1 fully saturated rings. The Hall–Kier alpha value is -2.10. The number of hydrogen-bond acceptors (Lipinski definition) is 5. The molecule has 0 unspecified atom stereocenters. The number of hydrogen-bond donors (Lipinski definition) is 2. The van der Waals surface area contributed by atoms with Gasteiger partial charge in [-0.15, -0.1) is 0 Å². The summed E-state index contributed by atoms with van der Waals surface area (Å²) in [5.41, 5.74) is 1.04. The number of alkyl halides is 3. The normalized spacial score (nSPS) is 15.1. The van der Waals surface area contributed by atoms with Gasteiger partial charge in [0.25, 0.3) is 0 Å². The number of nitrogens with one attached hydrogen (secondary N) is 2. The molecular weight excluding hydrogens is 452 g/mol. The Kier molecular flexibility index (Phi) is 6.55. The van der Waals surface area contributed by atoms with Gasteiger partial charge in [-0.2, -0.15) is 23.1 Å². The van der Waals surface area contributed by atoms with Crippen LogP contribution in [0.5, 0.6) is 0 Å². The Morgan fingerprint density at radius 3 is 2.61 bits per heavy atom. The highest BCUT2D eigenvalue weighted by atomic mass is 35.5. The molecule has 31 heavy (non-hydrogen) atoms. The van der Waals surface area contributed by atoms with Crippen LogP contribution in [0.1, 0.15) is 42.9 Å². The monoisotopic (exact) mass is 472 g/mol. The van der Waals surface area contributed by atoms with Crippen molar-refractivity contribution in [2.24, 2.45) is 0 Å². The van der Waals surface area contributed by atoms with Crippen LogP contribution in [0.3, 0.4) is 0 Å². The van der Waals surface area contributed by atoms with E-state index >= 15 is 0 Å². The summed E-state index contributed by atoms with van der Waals surface area (Å²) >= 11 is 11.8. The van der Waals surface area contributed by atoms with Gasteiger partial charge in [-0.3, -0.25) is 0 Å². The first-order valence-corrected chi connectivity index (χ1v) is 10.8. The molecule has 166 valence electrons. The van der Waals surface area contributed by atoms with Crippen molar-refractivity contribution in [1.82, 2.24) is 24.8 Å². The fraction of sp³-hybridized carbons (Fsp3) is 0.450. The molecule has 11 heteroatoms. The Labute approximate surface area is 187 Å². The van der Waals surface area contributed by atoms with E-state index in [-0.39, 0.29) is 16.9 Å². The molecule has 0 atom stereocenters. The van der Waals surface area contributed by atoms with Gasteiger partial charge in [0.2, 0.25) is 5.28 Å². The maximum absolute atomic E-state index is 13.0. The van der Waals surface area contributed by atoms with Crippen LogP contribution in [0.4, 0.5) is 19.0 Å². The van der Waals surface area contributed by atoms with Crippen molar-refractivity contribution >= 4 is 40.2 Å². The molecule has 0 saturated heterocycles. The predicted molar refractivity (Wildman–Crippen MR) is 114 cm³/mol. The first-order valence-electron chi connectivity index (χ1n) is 10.0. The fourth-order valence-corrected chi connectivity index (χ4v) is 4.25. The minimum Gasteiger partial charge on any atom is -0.367 e. The van der Waals surface area contributed by atoms with Gasteiger partial charge >= 0.3 is 6.18 Å². The summed E-state index contributed by atoms with van der Waals surface area (Å²) in [6, 6.07) is 4.28. The lowest BCUT2D eigenvalue weighted by Gasteiger charge is -2.13. The van der Waals surface area contributed by atoms with Crippen LogP contribution in [-0.4, -0.2) is 32.6 Å². The van der Waals surface area contributed by atoms with Gasteiger partial charge in [0, 0.05) is 25.7 Å². The van der Waals surface area contributed by atoms with Crippen LogP contribution in [-0.2, 0) is 12.7 Å². The van der Waals surface area contributed by atoms with Crippen molar-refractivity contribution in [3.8, 4) is 0 Å². The minimum atomic E-state index is -4.48. The molecule has 1 aliphatic rings. The van der Waals surface area contributed by atoms with Crippen molar-refractivity contribution < 1.29 is 13.2 Å². The smallest absolute Gasteiger partial charge is 0.367 e. The second-order valence-corrected chi connectivity index (χ2v) is 8.26. The van der Waals surface area contributed by atoms with E-state index in [1.165, 1.54) is 18.9 Å². The van der Waals surface area contributed by atoms with Gasteiger partial charge in [-0.05, 0) is 42.1 Å². The van der Waals surface area contributed by atoms with Gasteiger partial charge < -0.3 is 15.2 Å². The lowest BCUT2D eigenvalue weighted by Crippen LogP contribution is -2.22. The third-order valence-electron chi connectivity index (χ3n) is 5.37. The molecule has 6 nitrogen and oxygen atoms in total. The number of halogens is 5. The number of benzene rings is 1. The van der Waals surface area contributed by atoms with Crippen LogP contribution in [0.15, 0.2) is 24.5 Å². The molecule has 0 spiro atoms. The van der Waals surface area contributed by atoms with E-state index in [0.29, 0.717) is 41.7 Å². The zero-order valence-corrected chi connectivity index (χ0v) is 18.0. The summed E-state index contributed by atoms with van der Waals surface area (Å²) in [5, 5.41) is 6.13. The molecule has 4 rings (SSSR count). The molecule has 0 radical (unpaired) electrons. The zero-order valence-electron chi connectivity index (χ0n) is 16.5. The number of nitrogens with zero attached hydrogens (tertiary/aromatic N) is 4. The average Bonchev–Trinajstić information content (AvgIpc) is 3.37. The quantitative estimate of drug-likeness (QED) is 0.352. The zero-order chi connectivity index (χ0) is 22.0. The summed E-state index contributed by atoms with van der Waals surface area (Å²) in [6.45, 7) is 1.26. The first-order chi connectivity index (χ1) is 14.8. The molecule has 2 aromatic heterocycles. The number of fused-ring (bicyclic) bond motifs is 1. The molecule has 3 aromatic rings. The third-order valence-corrected chi connectivity index (χ3v) is 5.87. The molecule has 1 saturated carbocycles. The van der Waals surface area contributed by atoms with Crippen LogP contribution < -0.4 is 10.6 Å². The summed E-state index contributed by atoms with van der Waals surface area (Å²) in [5.74, 6) is 0.541. The summed E-state index contributed by atoms with van der Waals surface area (Å²) < 4.78 is 41.0. The van der Waals surface area contributed by atoms with Gasteiger partial charge in [-0.1, -0.05) is 30.5 Å². The summed E-state index contributed by atoms with van der Waals surface area (Å²) in [4.78, 5) is 13.1. The molecule has 2 N–H and O–H groups in total. The van der Waals surface area contributed by atoms with E-state index in [2.05, 4.69) is 30.2 Å². The predicted octanol–water partition coefficient (Wildman–Crippen LogP) is 5.47. The fourth-order valence-electron chi connectivity index (χ4n) is 3.86. The minimum absolute atomic E-state index is 0.142. The maximum Gasteiger partial charge on any atom is 0.417 e. The topological polar surface area (TPSA) is 67.7 Å². The van der Waals surface area contributed by atoms with E-state index in [0.717, 1.165) is 18.9 Å². The summed E-state index contributed by atoms with van der Waals surface area (Å²) in [6.07, 6.45) is 1.89. The lowest BCUT2D eigenvalue weighted by molar-refractivity contribution is -0.137. The van der Waals surface area contributed by atoms with E-state index in [1.807, 2.05) is 0 Å². The number of imidazole rings is 1. The Balaban J connectivity index is 1.36. The van der Waals surface area contributed by atoms with Gasteiger partial charge in [0.15, 0.2) is 17.0 Å². The number of anilines is 1. The van der Waals surface area contributed by atoms with Gasteiger partial charge in [0.1, 0.15) is 0 Å². The standard InChI is InChI=1S/C20H21Cl2F3N6/c21-15-6-5-12(9-14(15)20(23,24)25)10-26-7-8-27-17-16-18(30-19(22)29-17)31(11-28-16)13-3-1-2-4-13/h5-6,9,11,13,26H,1-4,7-8,10H2,(H,27,29,30). The summed E-state index contributed by atoms with van der Waals surface area (Å²) in [7, 11) is 0. The molecule has 0 bridgehead atoms. The van der Waals surface area contributed by atoms with E-state index in [4.69, 9.17) is 23.2 Å². The van der Waals surface area contributed by atoms with Crippen LogP contribution >= 0.6 is 23.2 Å². The van der Waals surface area contributed by atoms with Crippen LogP contribution in [0.2, 0.25) is 10.3 Å². The van der Waals surface area contributed by atoms with Crippen molar-refractivity contribution in [2.75, 3.05) is 18.4 Å². The molecular formula is C20H21Cl2F3N6. The Bertz CT molecular complexity index is 1060. The van der Waals surface area contributed by atoms with Gasteiger partial charge in [0.05, 0.1) is 16.9 Å². The van der Waals surface area contributed by atoms with Crippen LogP contribution in [0, 0.1) is 0 Å². The maximum atomic E-state index is 13.0. The van der Waals surface area contributed by atoms with Crippen LogP contribution in [0.25, 0.3) is 11.2 Å². The molecule has 2 heterocycles. The van der Waals surface area contributed by atoms with Crippen molar-refractivity contribution in [1.29, 1.82) is 0 Å². The molecule has 0 amide bonds. The molecule has 1 aromatic carbocycles. The van der Waals surface area contributed by atoms with Gasteiger partial charge in [-0.25, -0.2) is 4.98 Å². The third kappa shape index (κ3) is 5.05. The highest BCUT2D eigenvalue weighted by Crippen LogP contribution is 2.35. The number of rotatable bonds is 7.